The molecular formula is C16H24N4. The second-order valence-corrected chi connectivity index (χ2v) is 5.01. The predicted octanol–water partition coefficient (Wildman–Crippen LogP) is 2.17. The van der Waals surface area contributed by atoms with Gasteiger partial charge in [-0.3, -0.25) is 4.90 Å². The fraction of sp³-hybridized carbons (Fsp3) is 0.438. The highest BCUT2D eigenvalue weighted by Crippen LogP contribution is 2.11. The van der Waals surface area contributed by atoms with Crippen LogP contribution in [0.15, 0.2) is 36.7 Å². The lowest BCUT2D eigenvalue weighted by atomic mass is 10.1. The Hall–Kier alpha value is -1.65. The normalized spacial score (nSPS) is 11.2. The van der Waals surface area contributed by atoms with Crippen LogP contribution in [0.25, 0.3) is 0 Å². The van der Waals surface area contributed by atoms with Gasteiger partial charge in [0.05, 0.1) is 0 Å². The predicted molar refractivity (Wildman–Crippen MR) is 82.2 cm³/mol. The molecule has 4 nitrogen and oxygen atoms in total. The topological polar surface area (TPSA) is 47.1 Å². The molecule has 0 spiro atoms. The highest BCUT2D eigenvalue weighted by molar-refractivity contribution is 5.26. The average Bonchev–Trinajstić information content (AvgIpc) is 2.89. The maximum absolute atomic E-state index is 5.81. The van der Waals surface area contributed by atoms with Gasteiger partial charge in [0.1, 0.15) is 5.82 Å². The van der Waals surface area contributed by atoms with Gasteiger partial charge in [-0.1, -0.05) is 31.2 Å². The number of aryl methyl sites for hydroxylation is 1. The van der Waals surface area contributed by atoms with Gasteiger partial charge in [0.15, 0.2) is 0 Å². The molecule has 0 fully saturated rings. The standard InChI is InChI=1S/C16H24N4/c1-3-19(10-11-20-9-8-18-14(20)2)13-16-7-5-4-6-15(16)12-17/h4-9H,3,10-13,17H2,1-2H3. The van der Waals surface area contributed by atoms with E-state index in [-0.39, 0.29) is 0 Å². The number of benzene rings is 1. The fourth-order valence-electron chi connectivity index (χ4n) is 2.39. The second-order valence-electron chi connectivity index (χ2n) is 5.01. The van der Waals surface area contributed by atoms with Crippen LogP contribution >= 0.6 is 0 Å². The lowest BCUT2D eigenvalue weighted by Gasteiger charge is -2.22. The molecule has 2 rings (SSSR count). The summed E-state index contributed by atoms with van der Waals surface area (Å²) in [7, 11) is 0. The van der Waals surface area contributed by atoms with Crippen LogP contribution in [-0.2, 0) is 19.6 Å². The third kappa shape index (κ3) is 3.68. The van der Waals surface area contributed by atoms with E-state index in [0.717, 1.165) is 32.0 Å². The van der Waals surface area contributed by atoms with E-state index in [1.54, 1.807) is 0 Å². The first-order valence-corrected chi connectivity index (χ1v) is 7.21. The van der Waals surface area contributed by atoms with E-state index in [1.165, 1.54) is 11.1 Å². The van der Waals surface area contributed by atoms with Gasteiger partial charge in [-0.05, 0) is 24.6 Å². The molecule has 0 aliphatic heterocycles. The number of hydrogen-bond donors (Lipinski definition) is 1. The smallest absolute Gasteiger partial charge is 0.105 e. The van der Waals surface area contributed by atoms with Crippen LogP contribution in [0.5, 0.6) is 0 Å². The summed E-state index contributed by atoms with van der Waals surface area (Å²) in [4.78, 5) is 6.70. The van der Waals surface area contributed by atoms with Crippen LogP contribution in [0.3, 0.4) is 0 Å². The summed E-state index contributed by atoms with van der Waals surface area (Å²) in [6.45, 7) is 8.83. The summed E-state index contributed by atoms with van der Waals surface area (Å²) >= 11 is 0. The molecule has 0 radical (unpaired) electrons. The Bertz CT molecular complexity index is 533. The molecule has 2 N–H and O–H groups in total. The molecule has 108 valence electrons. The maximum atomic E-state index is 5.81. The van der Waals surface area contributed by atoms with Crippen molar-refractivity contribution in [3.63, 3.8) is 0 Å². The van der Waals surface area contributed by atoms with Crippen molar-refractivity contribution in [2.24, 2.45) is 5.73 Å². The third-order valence-corrected chi connectivity index (χ3v) is 3.76. The van der Waals surface area contributed by atoms with Gasteiger partial charge in [0.2, 0.25) is 0 Å². The highest BCUT2D eigenvalue weighted by atomic mass is 15.2. The van der Waals surface area contributed by atoms with Crippen molar-refractivity contribution in [3.8, 4) is 0 Å². The number of likely N-dealkylation sites (N-methyl/N-ethyl adjacent to an activating group) is 1. The van der Waals surface area contributed by atoms with E-state index in [4.69, 9.17) is 5.73 Å². The summed E-state index contributed by atoms with van der Waals surface area (Å²) in [5, 5.41) is 0. The average molecular weight is 272 g/mol. The Balaban J connectivity index is 1.97. The van der Waals surface area contributed by atoms with E-state index >= 15 is 0 Å². The van der Waals surface area contributed by atoms with Gasteiger partial charge in [-0.2, -0.15) is 0 Å². The van der Waals surface area contributed by atoms with Gasteiger partial charge >= 0.3 is 0 Å². The molecule has 0 amide bonds. The lowest BCUT2D eigenvalue weighted by Crippen LogP contribution is -2.27. The van der Waals surface area contributed by atoms with E-state index in [2.05, 4.69) is 45.6 Å². The first-order valence-electron chi connectivity index (χ1n) is 7.21. The molecular weight excluding hydrogens is 248 g/mol. The molecule has 0 bridgehead atoms. The Labute approximate surface area is 121 Å². The molecule has 1 aromatic heterocycles. The van der Waals surface area contributed by atoms with Crippen molar-refractivity contribution < 1.29 is 0 Å². The minimum atomic E-state index is 0.606. The first-order chi connectivity index (χ1) is 9.74. The number of hydrogen-bond acceptors (Lipinski definition) is 3. The number of nitrogens with two attached hydrogens (primary N) is 1. The summed E-state index contributed by atoms with van der Waals surface area (Å²) in [5.74, 6) is 1.07. The van der Waals surface area contributed by atoms with Crippen molar-refractivity contribution in [1.82, 2.24) is 14.5 Å². The molecule has 20 heavy (non-hydrogen) atoms. The molecule has 0 unspecified atom stereocenters. The SMILES string of the molecule is CCN(CCn1ccnc1C)Cc1ccccc1CN. The summed E-state index contributed by atoms with van der Waals surface area (Å²) in [6, 6.07) is 8.43. The lowest BCUT2D eigenvalue weighted by molar-refractivity contribution is 0.266. The van der Waals surface area contributed by atoms with Crippen molar-refractivity contribution in [2.75, 3.05) is 13.1 Å². The third-order valence-electron chi connectivity index (χ3n) is 3.76. The Morgan fingerprint density at radius 2 is 2.00 bits per heavy atom. The molecule has 4 heteroatoms. The van der Waals surface area contributed by atoms with E-state index in [0.29, 0.717) is 6.54 Å². The monoisotopic (exact) mass is 272 g/mol. The van der Waals surface area contributed by atoms with Crippen molar-refractivity contribution >= 4 is 0 Å². The van der Waals surface area contributed by atoms with Crippen LogP contribution in [0.2, 0.25) is 0 Å². The first kappa shape index (κ1) is 14.8. The molecule has 0 atom stereocenters. The Morgan fingerprint density at radius 1 is 1.25 bits per heavy atom. The number of aromatic nitrogens is 2. The Morgan fingerprint density at radius 3 is 2.60 bits per heavy atom. The van der Waals surface area contributed by atoms with E-state index < -0.39 is 0 Å². The second kappa shape index (κ2) is 7.22. The van der Waals surface area contributed by atoms with Crippen LogP contribution in [0, 0.1) is 6.92 Å². The minimum Gasteiger partial charge on any atom is -0.334 e. The quantitative estimate of drug-likeness (QED) is 0.840. The number of rotatable bonds is 7. The zero-order chi connectivity index (χ0) is 14.4. The van der Waals surface area contributed by atoms with Gasteiger partial charge in [0, 0.05) is 38.6 Å². The highest BCUT2D eigenvalue weighted by Gasteiger charge is 2.07. The van der Waals surface area contributed by atoms with Crippen molar-refractivity contribution in [2.45, 2.75) is 33.5 Å². The largest absolute Gasteiger partial charge is 0.334 e. The van der Waals surface area contributed by atoms with Gasteiger partial charge < -0.3 is 10.3 Å². The Kier molecular flexibility index (Phi) is 5.32. The van der Waals surface area contributed by atoms with E-state index in [1.807, 2.05) is 19.3 Å². The van der Waals surface area contributed by atoms with Gasteiger partial charge in [-0.25, -0.2) is 4.98 Å². The summed E-state index contributed by atoms with van der Waals surface area (Å²) < 4.78 is 2.19. The van der Waals surface area contributed by atoms with Crippen LogP contribution in [0.4, 0.5) is 0 Å². The zero-order valence-corrected chi connectivity index (χ0v) is 12.4. The minimum absolute atomic E-state index is 0.606. The number of nitrogens with zero attached hydrogens (tertiary/aromatic N) is 3. The van der Waals surface area contributed by atoms with Crippen molar-refractivity contribution in [3.05, 3.63) is 53.6 Å². The molecule has 0 saturated heterocycles. The van der Waals surface area contributed by atoms with E-state index in [9.17, 15) is 0 Å². The molecule has 0 saturated carbocycles. The summed E-state index contributed by atoms with van der Waals surface area (Å²) in [5.41, 5.74) is 8.38. The fourth-order valence-corrected chi connectivity index (χ4v) is 2.39. The molecule has 2 aromatic rings. The van der Waals surface area contributed by atoms with Crippen LogP contribution in [0.1, 0.15) is 23.9 Å². The zero-order valence-electron chi connectivity index (χ0n) is 12.4. The molecule has 1 heterocycles. The van der Waals surface area contributed by atoms with Crippen LogP contribution < -0.4 is 5.73 Å². The molecule has 0 aliphatic rings. The van der Waals surface area contributed by atoms with Gasteiger partial charge in [-0.15, -0.1) is 0 Å². The maximum Gasteiger partial charge on any atom is 0.105 e. The van der Waals surface area contributed by atoms with Crippen LogP contribution in [-0.4, -0.2) is 27.5 Å². The summed E-state index contributed by atoms with van der Waals surface area (Å²) in [6.07, 6.45) is 3.90. The number of imidazole rings is 1. The van der Waals surface area contributed by atoms with Gasteiger partial charge in [0.25, 0.3) is 0 Å². The molecule has 0 aliphatic carbocycles. The van der Waals surface area contributed by atoms with Crippen molar-refractivity contribution in [1.29, 1.82) is 0 Å². The molecule has 1 aromatic carbocycles.